The second-order valence-electron chi connectivity index (χ2n) is 7.16. The fourth-order valence-corrected chi connectivity index (χ4v) is 3.73. The molecule has 1 saturated heterocycles. The number of aromatic nitrogens is 5. The number of pyridine rings is 3. The first-order valence-corrected chi connectivity index (χ1v) is 9.50. The van der Waals surface area contributed by atoms with Crippen molar-refractivity contribution in [1.29, 1.82) is 0 Å². The molecule has 0 aromatic carbocycles. The van der Waals surface area contributed by atoms with Crippen molar-refractivity contribution in [3.8, 4) is 22.6 Å². The third kappa shape index (κ3) is 3.10. The summed E-state index contributed by atoms with van der Waals surface area (Å²) in [4.78, 5) is 15.9. The Morgan fingerprint density at radius 1 is 1.11 bits per heavy atom. The van der Waals surface area contributed by atoms with Gasteiger partial charge in [0.2, 0.25) is 0 Å². The highest BCUT2D eigenvalue weighted by Crippen LogP contribution is 2.29. The maximum atomic E-state index is 6.14. The third-order valence-electron chi connectivity index (χ3n) is 5.16. The minimum absolute atomic E-state index is 0.207. The van der Waals surface area contributed by atoms with Gasteiger partial charge in [-0.2, -0.15) is 5.10 Å². The minimum atomic E-state index is 0.207. The van der Waals surface area contributed by atoms with E-state index in [1.54, 1.807) is 6.20 Å². The van der Waals surface area contributed by atoms with Gasteiger partial charge in [-0.25, -0.2) is 4.98 Å². The molecular weight excluding hydrogens is 350 g/mol. The van der Waals surface area contributed by atoms with Crippen molar-refractivity contribution in [1.82, 2.24) is 25.1 Å². The predicted octanol–water partition coefficient (Wildman–Crippen LogP) is 3.01. The van der Waals surface area contributed by atoms with Crippen LogP contribution >= 0.6 is 0 Å². The first-order valence-electron chi connectivity index (χ1n) is 9.50. The van der Waals surface area contributed by atoms with Crippen molar-refractivity contribution in [3.63, 3.8) is 0 Å². The summed E-state index contributed by atoms with van der Waals surface area (Å²) < 4.78 is 0. The van der Waals surface area contributed by atoms with Crippen LogP contribution in [0.2, 0.25) is 0 Å². The summed E-state index contributed by atoms with van der Waals surface area (Å²) in [5.74, 6) is 0.949. The molecule has 0 amide bonds. The van der Waals surface area contributed by atoms with E-state index in [4.69, 9.17) is 10.7 Å². The van der Waals surface area contributed by atoms with Gasteiger partial charge < -0.3 is 10.6 Å². The fraction of sp³-hybridized carbons (Fsp3) is 0.238. The van der Waals surface area contributed by atoms with E-state index in [1.807, 2.05) is 48.8 Å². The molecule has 5 heterocycles. The largest absolute Gasteiger partial charge is 0.355 e. The number of piperidine rings is 1. The molecule has 1 fully saturated rings. The fourth-order valence-electron chi connectivity index (χ4n) is 3.73. The second-order valence-corrected chi connectivity index (χ2v) is 7.16. The molecule has 0 bridgehead atoms. The number of rotatable bonds is 3. The Kier molecular flexibility index (Phi) is 4.21. The summed E-state index contributed by atoms with van der Waals surface area (Å²) in [5, 5.41) is 8.58. The van der Waals surface area contributed by atoms with Gasteiger partial charge in [-0.3, -0.25) is 15.1 Å². The van der Waals surface area contributed by atoms with Gasteiger partial charge >= 0.3 is 0 Å². The molecular formula is C21H21N7. The second kappa shape index (κ2) is 7.01. The van der Waals surface area contributed by atoms with E-state index in [1.165, 1.54) is 0 Å². The van der Waals surface area contributed by atoms with Crippen LogP contribution in [0.1, 0.15) is 12.8 Å². The average Bonchev–Trinajstić information content (AvgIpc) is 3.18. The van der Waals surface area contributed by atoms with E-state index >= 15 is 0 Å². The number of H-pyrrole nitrogens is 1. The molecule has 7 heteroatoms. The molecule has 1 aliphatic heterocycles. The standard InChI is InChI=1S/C21H21N7/c22-15-5-3-9-28(13-15)20-7-1-6-17(25-20)21-16-10-18(14-4-2-8-23-11-14)24-12-19(16)26-27-21/h1-2,4,6-8,10-12,15H,3,5,9,13,22H2,(H,26,27). The lowest BCUT2D eigenvalue weighted by atomic mass is 10.1. The molecule has 0 saturated carbocycles. The number of fused-ring (bicyclic) bond motifs is 1. The van der Waals surface area contributed by atoms with Crippen LogP contribution in [0, 0.1) is 0 Å². The summed E-state index contributed by atoms with van der Waals surface area (Å²) >= 11 is 0. The van der Waals surface area contributed by atoms with E-state index < -0.39 is 0 Å². The van der Waals surface area contributed by atoms with Gasteiger partial charge in [0.15, 0.2) is 0 Å². The molecule has 4 aromatic heterocycles. The van der Waals surface area contributed by atoms with Gasteiger partial charge in [0, 0.05) is 42.5 Å². The van der Waals surface area contributed by atoms with Crippen molar-refractivity contribution < 1.29 is 0 Å². The molecule has 3 N–H and O–H groups in total. The van der Waals surface area contributed by atoms with E-state index in [0.29, 0.717) is 0 Å². The molecule has 5 rings (SSSR count). The molecule has 4 aromatic rings. The average molecular weight is 371 g/mol. The Morgan fingerprint density at radius 3 is 2.93 bits per heavy atom. The molecule has 1 atom stereocenters. The number of hydrogen-bond donors (Lipinski definition) is 2. The lowest BCUT2D eigenvalue weighted by Gasteiger charge is -2.31. The number of hydrogen-bond acceptors (Lipinski definition) is 6. The van der Waals surface area contributed by atoms with Gasteiger partial charge in [-0.05, 0) is 43.2 Å². The zero-order valence-corrected chi connectivity index (χ0v) is 15.4. The maximum absolute atomic E-state index is 6.14. The number of nitrogens with one attached hydrogen (secondary N) is 1. The number of nitrogens with two attached hydrogens (primary N) is 1. The molecule has 1 unspecified atom stereocenters. The summed E-state index contributed by atoms with van der Waals surface area (Å²) in [6.45, 7) is 1.83. The van der Waals surface area contributed by atoms with Crippen LogP contribution in [0.3, 0.4) is 0 Å². The quantitative estimate of drug-likeness (QED) is 0.575. The Labute approximate surface area is 162 Å². The Balaban J connectivity index is 1.55. The van der Waals surface area contributed by atoms with Crippen LogP contribution in [0.25, 0.3) is 33.5 Å². The van der Waals surface area contributed by atoms with Crippen LogP contribution in [0.15, 0.2) is 55.0 Å². The van der Waals surface area contributed by atoms with Gasteiger partial charge in [-0.15, -0.1) is 0 Å². The highest BCUT2D eigenvalue weighted by atomic mass is 15.2. The lowest BCUT2D eigenvalue weighted by Crippen LogP contribution is -2.43. The molecule has 0 aliphatic carbocycles. The normalized spacial score (nSPS) is 17.2. The molecule has 0 spiro atoms. The van der Waals surface area contributed by atoms with Crippen LogP contribution < -0.4 is 10.6 Å². The first kappa shape index (κ1) is 16.8. The minimum Gasteiger partial charge on any atom is -0.355 e. The Bertz CT molecular complexity index is 1110. The lowest BCUT2D eigenvalue weighted by molar-refractivity contribution is 0.503. The van der Waals surface area contributed by atoms with Crippen molar-refractivity contribution in [2.45, 2.75) is 18.9 Å². The number of anilines is 1. The molecule has 7 nitrogen and oxygen atoms in total. The summed E-state index contributed by atoms with van der Waals surface area (Å²) in [5.41, 5.74) is 10.5. The Morgan fingerprint density at radius 2 is 2.07 bits per heavy atom. The van der Waals surface area contributed by atoms with E-state index in [2.05, 4.69) is 25.1 Å². The topological polar surface area (TPSA) is 96.6 Å². The Hall–Kier alpha value is -3.32. The highest BCUT2D eigenvalue weighted by molar-refractivity contribution is 5.93. The smallest absolute Gasteiger partial charge is 0.129 e. The first-order chi connectivity index (χ1) is 13.8. The van der Waals surface area contributed by atoms with Gasteiger partial charge in [-0.1, -0.05) is 6.07 Å². The summed E-state index contributed by atoms with van der Waals surface area (Å²) in [6.07, 6.45) is 7.55. The third-order valence-corrected chi connectivity index (χ3v) is 5.16. The van der Waals surface area contributed by atoms with Gasteiger partial charge in [0.1, 0.15) is 11.5 Å². The van der Waals surface area contributed by atoms with Crippen LogP contribution in [0.4, 0.5) is 5.82 Å². The van der Waals surface area contributed by atoms with E-state index in [0.717, 1.165) is 65.3 Å². The van der Waals surface area contributed by atoms with Crippen molar-refractivity contribution in [3.05, 3.63) is 55.0 Å². The van der Waals surface area contributed by atoms with Crippen molar-refractivity contribution >= 4 is 16.7 Å². The monoisotopic (exact) mass is 371 g/mol. The van der Waals surface area contributed by atoms with E-state index in [9.17, 15) is 0 Å². The summed E-state index contributed by atoms with van der Waals surface area (Å²) in [6, 6.07) is 12.2. The van der Waals surface area contributed by atoms with Gasteiger partial charge in [0.05, 0.1) is 23.1 Å². The van der Waals surface area contributed by atoms with Crippen molar-refractivity contribution in [2.75, 3.05) is 18.0 Å². The molecule has 1 aliphatic rings. The van der Waals surface area contributed by atoms with Gasteiger partial charge in [0.25, 0.3) is 0 Å². The zero-order valence-electron chi connectivity index (χ0n) is 15.4. The van der Waals surface area contributed by atoms with E-state index in [-0.39, 0.29) is 6.04 Å². The molecule has 28 heavy (non-hydrogen) atoms. The maximum Gasteiger partial charge on any atom is 0.129 e. The number of nitrogens with zero attached hydrogens (tertiary/aromatic N) is 5. The van der Waals surface area contributed by atoms with Crippen molar-refractivity contribution in [2.24, 2.45) is 5.73 Å². The summed E-state index contributed by atoms with van der Waals surface area (Å²) in [7, 11) is 0. The molecule has 140 valence electrons. The zero-order chi connectivity index (χ0) is 18.9. The highest BCUT2D eigenvalue weighted by Gasteiger charge is 2.19. The van der Waals surface area contributed by atoms with Crippen LogP contribution in [0.5, 0.6) is 0 Å². The number of aromatic amines is 1. The van der Waals surface area contributed by atoms with Crippen LogP contribution in [-0.4, -0.2) is 44.3 Å². The predicted molar refractivity (Wildman–Crippen MR) is 110 cm³/mol. The van der Waals surface area contributed by atoms with Crippen LogP contribution in [-0.2, 0) is 0 Å². The molecule has 0 radical (unpaired) electrons. The SMILES string of the molecule is NC1CCCN(c2cccc(-c3n[nH]c4cnc(-c5cccnc5)cc34)n2)C1.